The van der Waals surface area contributed by atoms with Gasteiger partial charge in [0.1, 0.15) is 0 Å². The van der Waals surface area contributed by atoms with E-state index in [-0.39, 0.29) is 0 Å². The molecule has 0 radical (unpaired) electrons. The molecule has 3 heteroatoms. The molecule has 3 nitrogen and oxygen atoms in total. The van der Waals surface area contributed by atoms with E-state index in [9.17, 15) is 0 Å². The molecule has 98 valence electrons. The van der Waals surface area contributed by atoms with Crippen LogP contribution in [0.1, 0.15) is 44.9 Å². The lowest BCUT2D eigenvalue weighted by Gasteiger charge is -2.43. The standard InChI is InChI=1S/C14H27N3/c15-11-12-5-1-4-9-17(12)14-7-10-16-8-3-2-6-13(14)16/h12-14H,1-11,15H2. The Kier molecular flexibility index (Phi) is 3.69. The summed E-state index contributed by atoms with van der Waals surface area (Å²) in [6.45, 7) is 4.85. The molecule has 0 spiro atoms. The summed E-state index contributed by atoms with van der Waals surface area (Å²) >= 11 is 0. The molecular weight excluding hydrogens is 210 g/mol. The van der Waals surface area contributed by atoms with Crippen LogP contribution in [0.3, 0.4) is 0 Å². The first-order valence-electron chi connectivity index (χ1n) is 7.60. The van der Waals surface area contributed by atoms with Crippen molar-refractivity contribution in [2.24, 2.45) is 5.73 Å². The molecule has 0 aromatic rings. The zero-order chi connectivity index (χ0) is 11.7. The van der Waals surface area contributed by atoms with Gasteiger partial charge in [-0.1, -0.05) is 12.8 Å². The van der Waals surface area contributed by atoms with E-state index in [1.807, 2.05) is 0 Å². The van der Waals surface area contributed by atoms with Crippen LogP contribution in [-0.4, -0.2) is 54.1 Å². The van der Waals surface area contributed by atoms with Gasteiger partial charge in [-0.05, 0) is 45.2 Å². The first kappa shape index (κ1) is 11.9. The maximum Gasteiger partial charge on any atom is 0.0267 e. The molecule has 3 rings (SSSR count). The van der Waals surface area contributed by atoms with Gasteiger partial charge in [0, 0.05) is 31.2 Å². The second kappa shape index (κ2) is 5.25. The maximum absolute atomic E-state index is 5.97. The van der Waals surface area contributed by atoms with Crippen molar-refractivity contribution in [1.82, 2.24) is 9.80 Å². The fourth-order valence-corrected chi connectivity index (χ4v) is 4.32. The lowest BCUT2D eigenvalue weighted by atomic mass is 9.93. The number of nitrogens with zero attached hydrogens (tertiary/aromatic N) is 2. The van der Waals surface area contributed by atoms with Crippen LogP contribution in [0.5, 0.6) is 0 Å². The molecule has 17 heavy (non-hydrogen) atoms. The minimum atomic E-state index is 0.677. The predicted molar refractivity (Wildman–Crippen MR) is 71.0 cm³/mol. The van der Waals surface area contributed by atoms with Crippen LogP contribution in [0.25, 0.3) is 0 Å². The van der Waals surface area contributed by atoms with Crippen LogP contribution in [0.4, 0.5) is 0 Å². The van der Waals surface area contributed by atoms with E-state index in [2.05, 4.69) is 9.80 Å². The van der Waals surface area contributed by atoms with Crippen molar-refractivity contribution in [3.63, 3.8) is 0 Å². The zero-order valence-electron chi connectivity index (χ0n) is 11.0. The normalized spacial score (nSPS) is 40.4. The Morgan fingerprint density at radius 2 is 1.65 bits per heavy atom. The molecule has 3 fully saturated rings. The number of hydrogen-bond acceptors (Lipinski definition) is 3. The van der Waals surface area contributed by atoms with Gasteiger partial charge < -0.3 is 5.73 Å². The van der Waals surface area contributed by atoms with E-state index in [1.165, 1.54) is 64.6 Å². The summed E-state index contributed by atoms with van der Waals surface area (Å²) in [4.78, 5) is 5.52. The summed E-state index contributed by atoms with van der Waals surface area (Å²) in [6, 6.07) is 2.36. The molecule has 3 aliphatic rings. The van der Waals surface area contributed by atoms with Crippen molar-refractivity contribution < 1.29 is 0 Å². The highest BCUT2D eigenvalue weighted by Crippen LogP contribution is 2.33. The quantitative estimate of drug-likeness (QED) is 0.788. The Labute approximate surface area is 105 Å². The van der Waals surface area contributed by atoms with Crippen LogP contribution >= 0.6 is 0 Å². The average molecular weight is 237 g/mol. The van der Waals surface area contributed by atoms with Gasteiger partial charge in [0.05, 0.1) is 0 Å². The maximum atomic E-state index is 5.97. The van der Waals surface area contributed by atoms with E-state index >= 15 is 0 Å². The Hall–Kier alpha value is -0.120. The lowest BCUT2D eigenvalue weighted by Crippen LogP contribution is -2.54. The number of rotatable bonds is 2. The van der Waals surface area contributed by atoms with Crippen molar-refractivity contribution in [3.8, 4) is 0 Å². The van der Waals surface area contributed by atoms with Gasteiger partial charge in [-0.2, -0.15) is 0 Å². The molecule has 3 unspecified atom stereocenters. The van der Waals surface area contributed by atoms with Crippen molar-refractivity contribution in [1.29, 1.82) is 0 Å². The summed E-state index contributed by atoms with van der Waals surface area (Å²) in [6.07, 6.45) is 9.79. The average Bonchev–Trinajstić information content (AvgIpc) is 2.82. The van der Waals surface area contributed by atoms with Crippen LogP contribution in [0.2, 0.25) is 0 Å². The molecule has 0 bridgehead atoms. The fourth-order valence-electron chi connectivity index (χ4n) is 4.32. The molecule has 0 saturated carbocycles. The second-order valence-corrected chi connectivity index (χ2v) is 6.08. The molecule has 0 amide bonds. The van der Waals surface area contributed by atoms with Gasteiger partial charge >= 0.3 is 0 Å². The number of likely N-dealkylation sites (tertiary alicyclic amines) is 1. The molecule has 2 N–H and O–H groups in total. The van der Waals surface area contributed by atoms with E-state index in [1.54, 1.807) is 0 Å². The van der Waals surface area contributed by atoms with Crippen LogP contribution in [0.15, 0.2) is 0 Å². The third kappa shape index (κ3) is 2.25. The highest BCUT2D eigenvalue weighted by molar-refractivity contribution is 4.98. The Bertz CT molecular complexity index is 256. The van der Waals surface area contributed by atoms with Crippen molar-refractivity contribution >= 4 is 0 Å². The summed E-state index contributed by atoms with van der Waals surface area (Å²) < 4.78 is 0. The zero-order valence-corrected chi connectivity index (χ0v) is 11.0. The van der Waals surface area contributed by atoms with Gasteiger partial charge in [0.2, 0.25) is 0 Å². The summed E-state index contributed by atoms with van der Waals surface area (Å²) in [7, 11) is 0. The first-order chi connectivity index (χ1) is 8.40. The van der Waals surface area contributed by atoms with Crippen LogP contribution < -0.4 is 5.73 Å². The molecular formula is C14H27N3. The van der Waals surface area contributed by atoms with Gasteiger partial charge in [-0.25, -0.2) is 0 Å². The molecule has 0 aromatic heterocycles. The predicted octanol–water partition coefficient (Wildman–Crippen LogP) is 1.43. The van der Waals surface area contributed by atoms with Crippen molar-refractivity contribution in [3.05, 3.63) is 0 Å². The smallest absolute Gasteiger partial charge is 0.0267 e. The van der Waals surface area contributed by atoms with Crippen molar-refractivity contribution in [2.45, 2.75) is 63.1 Å². The van der Waals surface area contributed by atoms with Gasteiger partial charge in [0.25, 0.3) is 0 Å². The largest absolute Gasteiger partial charge is 0.329 e. The van der Waals surface area contributed by atoms with Crippen LogP contribution in [-0.2, 0) is 0 Å². The van der Waals surface area contributed by atoms with E-state index in [0.29, 0.717) is 6.04 Å². The first-order valence-corrected chi connectivity index (χ1v) is 7.60. The number of fused-ring (bicyclic) bond motifs is 1. The molecule has 3 saturated heterocycles. The Morgan fingerprint density at radius 3 is 2.53 bits per heavy atom. The molecule has 3 heterocycles. The highest BCUT2D eigenvalue weighted by Gasteiger charge is 2.40. The number of nitrogens with two attached hydrogens (primary N) is 1. The minimum absolute atomic E-state index is 0.677. The van der Waals surface area contributed by atoms with Gasteiger partial charge in [-0.3, -0.25) is 9.80 Å². The summed E-state index contributed by atoms with van der Waals surface area (Å²) in [5.74, 6) is 0. The van der Waals surface area contributed by atoms with E-state index in [4.69, 9.17) is 5.73 Å². The molecule has 0 aromatic carbocycles. The molecule has 0 aliphatic carbocycles. The third-order valence-electron chi connectivity index (χ3n) is 5.19. The third-order valence-corrected chi connectivity index (χ3v) is 5.19. The van der Waals surface area contributed by atoms with E-state index < -0.39 is 0 Å². The fraction of sp³-hybridized carbons (Fsp3) is 1.00. The summed E-state index contributed by atoms with van der Waals surface area (Å²) in [5, 5.41) is 0. The molecule has 3 aliphatic heterocycles. The Balaban J connectivity index is 1.69. The lowest BCUT2D eigenvalue weighted by molar-refractivity contribution is 0.0608. The Morgan fingerprint density at radius 1 is 0.824 bits per heavy atom. The van der Waals surface area contributed by atoms with Gasteiger partial charge in [-0.15, -0.1) is 0 Å². The monoisotopic (exact) mass is 237 g/mol. The number of hydrogen-bond donors (Lipinski definition) is 1. The van der Waals surface area contributed by atoms with Crippen molar-refractivity contribution in [2.75, 3.05) is 26.2 Å². The van der Waals surface area contributed by atoms with Crippen LogP contribution in [0, 0.1) is 0 Å². The topological polar surface area (TPSA) is 32.5 Å². The highest BCUT2D eigenvalue weighted by atomic mass is 15.3. The minimum Gasteiger partial charge on any atom is -0.329 e. The molecule has 3 atom stereocenters. The SMILES string of the molecule is NCC1CCCCN1C1CCN2CCCCC12. The van der Waals surface area contributed by atoms with E-state index in [0.717, 1.165) is 18.6 Å². The summed E-state index contributed by atoms with van der Waals surface area (Å²) in [5.41, 5.74) is 5.97. The number of piperidine rings is 2. The van der Waals surface area contributed by atoms with Gasteiger partial charge in [0.15, 0.2) is 0 Å². The second-order valence-electron chi connectivity index (χ2n) is 6.08.